The second-order valence-corrected chi connectivity index (χ2v) is 11.0. The average Bonchev–Trinajstić information content (AvgIpc) is 2.95. The van der Waals surface area contributed by atoms with Gasteiger partial charge in [0.2, 0.25) is 11.8 Å². The fraction of sp³-hybridized carbons (Fsp3) is 0.455. The highest BCUT2D eigenvalue weighted by Crippen LogP contribution is 2.44. The van der Waals surface area contributed by atoms with Gasteiger partial charge >= 0.3 is 0 Å². The third-order valence-corrected chi connectivity index (χ3v) is 7.89. The molecule has 0 aromatic heterocycles. The van der Waals surface area contributed by atoms with Crippen molar-refractivity contribution >= 4 is 11.8 Å². The summed E-state index contributed by atoms with van der Waals surface area (Å²) in [5.74, 6) is -2.62. The lowest BCUT2D eigenvalue weighted by molar-refractivity contribution is -0.132. The number of hydrogen-bond donors (Lipinski definition) is 3. The number of hydrogen-bond acceptors (Lipinski definition) is 5. The number of allylic oxidation sites excluding steroid dienone is 2. The SMILES string of the molecule is CCCN(CCC)C(=O)C1=C(C)C=CC(C(N)=O)([C@H](Cc2cc(F)cc(F)c2)[C@@H](O)CNCc2cccc(OC)c2)C1. The minimum atomic E-state index is -1.48. The zero-order chi connectivity index (χ0) is 30.9. The third kappa shape index (κ3) is 8.04. The molecule has 2 aromatic carbocycles. The van der Waals surface area contributed by atoms with Crippen molar-refractivity contribution < 1.29 is 28.2 Å². The van der Waals surface area contributed by atoms with E-state index in [1.165, 1.54) is 12.1 Å². The van der Waals surface area contributed by atoms with Crippen molar-refractivity contribution in [3.63, 3.8) is 0 Å². The Balaban J connectivity index is 1.97. The first-order valence-electron chi connectivity index (χ1n) is 14.5. The molecule has 0 radical (unpaired) electrons. The van der Waals surface area contributed by atoms with E-state index in [1.807, 2.05) is 45.0 Å². The van der Waals surface area contributed by atoms with Crippen LogP contribution in [0.4, 0.5) is 8.78 Å². The van der Waals surface area contributed by atoms with Crippen LogP contribution >= 0.6 is 0 Å². The van der Waals surface area contributed by atoms with Crippen LogP contribution in [0.15, 0.2) is 65.8 Å². The maximum absolute atomic E-state index is 14.2. The molecule has 0 saturated carbocycles. The number of rotatable bonds is 15. The summed E-state index contributed by atoms with van der Waals surface area (Å²) in [6.07, 6.45) is 3.68. The summed E-state index contributed by atoms with van der Waals surface area (Å²) in [6, 6.07) is 10.6. The smallest absolute Gasteiger partial charge is 0.250 e. The van der Waals surface area contributed by atoms with Gasteiger partial charge in [-0.1, -0.05) is 38.1 Å². The van der Waals surface area contributed by atoms with Crippen molar-refractivity contribution in [1.82, 2.24) is 10.2 Å². The van der Waals surface area contributed by atoms with Crippen molar-refractivity contribution in [1.29, 1.82) is 0 Å². The number of carbonyl (C=O) groups is 2. The molecule has 1 unspecified atom stereocenters. The first-order valence-corrected chi connectivity index (χ1v) is 14.5. The minimum Gasteiger partial charge on any atom is -0.497 e. The Morgan fingerprint density at radius 3 is 2.36 bits per heavy atom. The van der Waals surface area contributed by atoms with Crippen LogP contribution in [0.2, 0.25) is 0 Å². The molecule has 1 aliphatic carbocycles. The standard InChI is InChI=1S/C33H43F2N3O4/c1-5-12-38(13-6-2)31(40)28-19-33(32(36)41,11-10-22(28)3)29(17-24-14-25(34)18-26(35)15-24)30(39)21-37-20-23-8-7-9-27(16-23)42-4/h7-11,14-16,18,29-30,37,39H,5-6,12-13,17,19-21H2,1-4H3,(H2,36,41)/t29-,30+,33?/m1/s1. The molecule has 0 aliphatic heterocycles. The molecule has 4 N–H and O–H groups in total. The lowest BCUT2D eigenvalue weighted by atomic mass is 9.63. The van der Waals surface area contributed by atoms with Crippen LogP contribution in [-0.4, -0.2) is 54.7 Å². The fourth-order valence-electron chi connectivity index (χ4n) is 5.69. The van der Waals surface area contributed by atoms with Gasteiger partial charge in [0, 0.05) is 43.7 Å². The molecule has 2 aromatic rings. The molecule has 228 valence electrons. The molecule has 2 amide bonds. The monoisotopic (exact) mass is 583 g/mol. The van der Waals surface area contributed by atoms with E-state index in [0.29, 0.717) is 31.0 Å². The van der Waals surface area contributed by atoms with Crippen LogP contribution < -0.4 is 15.8 Å². The molecule has 3 rings (SSSR count). The number of nitrogens with two attached hydrogens (primary N) is 1. The van der Waals surface area contributed by atoms with Crippen molar-refractivity contribution in [3.05, 3.63) is 88.5 Å². The Kier molecular flexibility index (Phi) is 11.8. The minimum absolute atomic E-state index is 0.0250. The first-order chi connectivity index (χ1) is 20.0. The van der Waals surface area contributed by atoms with Crippen LogP contribution in [0.1, 0.15) is 51.2 Å². The number of nitrogens with one attached hydrogen (secondary N) is 1. The molecular formula is C33H43F2N3O4. The van der Waals surface area contributed by atoms with Gasteiger partial charge in [-0.2, -0.15) is 0 Å². The number of aliphatic hydroxyl groups is 1. The Morgan fingerprint density at radius 2 is 1.76 bits per heavy atom. The summed E-state index contributed by atoms with van der Waals surface area (Å²) in [6.45, 7) is 7.41. The van der Waals surface area contributed by atoms with E-state index in [4.69, 9.17) is 10.5 Å². The summed E-state index contributed by atoms with van der Waals surface area (Å²) in [4.78, 5) is 28.8. The Bertz CT molecular complexity index is 1290. The predicted molar refractivity (Wildman–Crippen MR) is 160 cm³/mol. The van der Waals surface area contributed by atoms with E-state index < -0.39 is 35.0 Å². The second kappa shape index (κ2) is 15.1. The van der Waals surface area contributed by atoms with Gasteiger partial charge in [0.05, 0.1) is 18.6 Å². The predicted octanol–water partition coefficient (Wildman–Crippen LogP) is 4.68. The summed E-state index contributed by atoms with van der Waals surface area (Å²) in [5.41, 5.74) is 6.96. The Labute approximate surface area is 247 Å². The van der Waals surface area contributed by atoms with Gasteiger partial charge in [-0.3, -0.25) is 9.59 Å². The van der Waals surface area contributed by atoms with E-state index in [-0.39, 0.29) is 30.9 Å². The summed E-state index contributed by atoms with van der Waals surface area (Å²) >= 11 is 0. The van der Waals surface area contributed by atoms with Gasteiger partial charge in [0.1, 0.15) is 17.4 Å². The van der Waals surface area contributed by atoms with Crippen LogP contribution in [-0.2, 0) is 22.6 Å². The molecular weight excluding hydrogens is 540 g/mol. The first kappa shape index (κ1) is 32.9. The molecule has 0 heterocycles. The second-order valence-electron chi connectivity index (χ2n) is 11.0. The number of methoxy groups -OCH3 is 1. The highest BCUT2D eigenvalue weighted by atomic mass is 19.1. The molecule has 0 fully saturated rings. The van der Waals surface area contributed by atoms with Crippen LogP contribution in [0.25, 0.3) is 0 Å². The number of benzene rings is 2. The number of aliphatic hydroxyl groups excluding tert-OH is 1. The van der Waals surface area contributed by atoms with Crippen molar-refractivity contribution in [2.24, 2.45) is 17.1 Å². The molecule has 1 aliphatic rings. The highest BCUT2D eigenvalue weighted by Gasteiger charge is 2.48. The molecule has 0 saturated heterocycles. The largest absolute Gasteiger partial charge is 0.497 e. The van der Waals surface area contributed by atoms with Crippen molar-refractivity contribution in [2.75, 3.05) is 26.7 Å². The summed E-state index contributed by atoms with van der Waals surface area (Å²) in [7, 11) is 1.58. The number of ether oxygens (including phenoxy) is 1. The number of amides is 2. The van der Waals surface area contributed by atoms with Crippen LogP contribution in [0.3, 0.4) is 0 Å². The van der Waals surface area contributed by atoms with E-state index in [2.05, 4.69) is 5.32 Å². The zero-order valence-electron chi connectivity index (χ0n) is 25.0. The fourth-order valence-corrected chi connectivity index (χ4v) is 5.69. The van der Waals surface area contributed by atoms with E-state index in [9.17, 15) is 23.5 Å². The highest BCUT2D eigenvalue weighted by molar-refractivity contribution is 5.97. The number of nitrogens with zero attached hydrogens (tertiary/aromatic N) is 1. The Hall–Kier alpha value is -3.56. The quantitative estimate of drug-likeness (QED) is 0.283. The van der Waals surface area contributed by atoms with E-state index in [1.54, 1.807) is 24.2 Å². The zero-order valence-corrected chi connectivity index (χ0v) is 25.0. The number of carbonyl (C=O) groups excluding carboxylic acids is 2. The summed E-state index contributed by atoms with van der Waals surface area (Å²) < 4.78 is 33.7. The third-order valence-electron chi connectivity index (χ3n) is 7.89. The number of halogens is 2. The Morgan fingerprint density at radius 1 is 1.10 bits per heavy atom. The molecule has 42 heavy (non-hydrogen) atoms. The van der Waals surface area contributed by atoms with Gasteiger partial charge in [0.15, 0.2) is 0 Å². The number of primary amides is 1. The molecule has 0 spiro atoms. The molecule has 3 atom stereocenters. The van der Waals surface area contributed by atoms with Gasteiger partial charge in [-0.25, -0.2) is 8.78 Å². The van der Waals surface area contributed by atoms with E-state index in [0.717, 1.165) is 30.0 Å². The van der Waals surface area contributed by atoms with Crippen LogP contribution in [0.5, 0.6) is 5.75 Å². The topological polar surface area (TPSA) is 105 Å². The van der Waals surface area contributed by atoms with Gasteiger partial charge in [-0.15, -0.1) is 0 Å². The average molecular weight is 584 g/mol. The molecule has 0 bridgehead atoms. The van der Waals surface area contributed by atoms with Gasteiger partial charge < -0.3 is 25.8 Å². The van der Waals surface area contributed by atoms with Gasteiger partial charge in [-0.05, 0) is 73.6 Å². The molecule has 9 heteroatoms. The normalized spacial score (nSPS) is 18.1. The van der Waals surface area contributed by atoms with Gasteiger partial charge in [0.25, 0.3) is 0 Å². The van der Waals surface area contributed by atoms with E-state index >= 15 is 0 Å². The van der Waals surface area contributed by atoms with Crippen molar-refractivity contribution in [2.45, 2.75) is 59.1 Å². The van der Waals surface area contributed by atoms with Crippen molar-refractivity contribution in [3.8, 4) is 5.75 Å². The maximum Gasteiger partial charge on any atom is 0.250 e. The maximum atomic E-state index is 14.2. The molecule has 7 nitrogen and oxygen atoms in total. The lowest BCUT2D eigenvalue weighted by Crippen LogP contribution is -2.51. The lowest BCUT2D eigenvalue weighted by Gasteiger charge is -2.42. The van der Waals surface area contributed by atoms with Crippen LogP contribution in [0, 0.1) is 23.0 Å². The summed E-state index contributed by atoms with van der Waals surface area (Å²) in [5, 5.41) is 14.8.